The summed E-state index contributed by atoms with van der Waals surface area (Å²) in [5.41, 5.74) is 2.55. The van der Waals surface area contributed by atoms with Gasteiger partial charge < -0.3 is 10.6 Å². The molecule has 2 aliphatic rings. The summed E-state index contributed by atoms with van der Waals surface area (Å²) in [5.74, 6) is 0.249. The monoisotopic (exact) mass is 434 g/mol. The number of rotatable bonds is 6. The highest BCUT2D eigenvalue weighted by molar-refractivity contribution is 6.04. The molecule has 0 spiro atoms. The molecule has 0 bridgehead atoms. The van der Waals surface area contributed by atoms with Gasteiger partial charge in [-0.3, -0.25) is 19.5 Å². The van der Waals surface area contributed by atoms with Crippen LogP contribution in [0.15, 0.2) is 48.8 Å². The average molecular weight is 435 g/mol. The molecule has 1 aromatic carbocycles. The summed E-state index contributed by atoms with van der Waals surface area (Å²) >= 11 is 0. The Morgan fingerprint density at radius 3 is 2.44 bits per heavy atom. The van der Waals surface area contributed by atoms with Crippen LogP contribution in [0.5, 0.6) is 0 Å². The SMILES string of the molecule is CC(c1cccc(NC(=O)c2ccncc2)c1)N1CCC(C(=O)NC2CCCCC2)CC1. The largest absolute Gasteiger partial charge is 0.353 e. The predicted molar refractivity (Wildman–Crippen MR) is 126 cm³/mol. The van der Waals surface area contributed by atoms with E-state index < -0.39 is 0 Å². The van der Waals surface area contributed by atoms with Gasteiger partial charge in [0.2, 0.25) is 5.91 Å². The number of amides is 2. The highest BCUT2D eigenvalue weighted by Crippen LogP contribution is 2.28. The second-order valence-electron chi connectivity index (χ2n) is 9.15. The molecule has 1 aliphatic carbocycles. The topological polar surface area (TPSA) is 74.3 Å². The Kier molecular flexibility index (Phi) is 7.53. The number of carbonyl (C=O) groups is 2. The lowest BCUT2D eigenvalue weighted by Crippen LogP contribution is -2.44. The van der Waals surface area contributed by atoms with Gasteiger partial charge in [-0.25, -0.2) is 0 Å². The number of carbonyl (C=O) groups excluding carboxylic acids is 2. The maximum absolute atomic E-state index is 12.7. The molecule has 6 heteroatoms. The van der Waals surface area contributed by atoms with Crippen LogP contribution in [-0.4, -0.2) is 40.8 Å². The second-order valence-corrected chi connectivity index (χ2v) is 9.15. The van der Waals surface area contributed by atoms with Crippen molar-refractivity contribution < 1.29 is 9.59 Å². The molecule has 6 nitrogen and oxygen atoms in total. The molecule has 4 rings (SSSR count). The minimum atomic E-state index is -0.137. The molecule has 170 valence electrons. The predicted octanol–water partition coefficient (Wildman–Crippen LogP) is 4.56. The fourth-order valence-electron chi connectivity index (χ4n) is 4.91. The molecule has 2 heterocycles. The van der Waals surface area contributed by atoms with Gasteiger partial charge in [0.05, 0.1) is 0 Å². The van der Waals surface area contributed by atoms with Crippen LogP contribution >= 0.6 is 0 Å². The summed E-state index contributed by atoms with van der Waals surface area (Å²) in [7, 11) is 0. The third kappa shape index (κ3) is 5.74. The molecule has 2 N–H and O–H groups in total. The van der Waals surface area contributed by atoms with Gasteiger partial charge in [0.15, 0.2) is 0 Å². The maximum Gasteiger partial charge on any atom is 0.255 e. The van der Waals surface area contributed by atoms with E-state index in [2.05, 4.69) is 33.5 Å². The van der Waals surface area contributed by atoms with Gasteiger partial charge in [-0.15, -0.1) is 0 Å². The Morgan fingerprint density at radius 2 is 1.72 bits per heavy atom. The van der Waals surface area contributed by atoms with Crippen LogP contribution in [0.2, 0.25) is 0 Å². The van der Waals surface area contributed by atoms with Gasteiger partial charge in [0.25, 0.3) is 5.91 Å². The smallest absolute Gasteiger partial charge is 0.255 e. The zero-order valence-corrected chi connectivity index (χ0v) is 18.9. The van der Waals surface area contributed by atoms with Crippen molar-refractivity contribution in [3.63, 3.8) is 0 Å². The highest BCUT2D eigenvalue weighted by atomic mass is 16.2. The Labute approximate surface area is 190 Å². The van der Waals surface area contributed by atoms with Crippen molar-refractivity contribution in [2.75, 3.05) is 18.4 Å². The van der Waals surface area contributed by atoms with Crippen molar-refractivity contribution in [2.45, 2.75) is 64.0 Å². The summed E-state index contributed by atoms with van der Waals surface area (Å²) in [6.07, 6.45) is 11.1. The van der Waals surface area contributed by atoms with Crippen LogP contribution in [0.1, 0.15) is 73.8 Å². The lowest BCUT2D eigenvalue weighted by Gasteiger charge is -2.36. The Balaban J connectivity index is 1.30. The third-order valence-corrected chi connectivity index (χ3v) is 6.97. The Hall–Kier alpha value is -2.73. The van der Waals surface area contributed by atoms with E-state index in [1.54, 1.807) is 24.5 Å². The molecule has 2 amide bonds. The molecule has 0 radical (unpaired) electrons. The fraction of sp³-hybridized carbons (Fsp3) is 0.500. The van der Waals surface area contributed by atoms with E-state index in [0.717, 1.165) is 44.5 Å². The van der Waals surface area contributed by atoms with Crippen molar-refractivity contribution in [1.82, 2.24) is 15.2 Å². The van der Waals surface area contributed by atoms with Crippen LogP contribution < -0.4 is 10.6 Å². The summed E-state index contributed by atoms with van der Waals surface area (Å²) < 4.78 is 0. The molecular formula is C26H34N4O2. The number of piperidine rings is 1. The highest BCUT2D eigenvalue weighted by Gasteiger charge is 2.29. The van der Waals surface area contributed by atoms with Crippen molar-refractivity contribution in [3.05, 3.63) is 59.9 Å². The van der Waals surface area contributed by atoms with Gasteiger partial charge in [0.1, 0.15) is 0 Å². The number of anilines is 1. The van der Waals surface area contributed by atoms with Crippen LogP contribution in [0.3, 0.4) is 0 Å². The fourth-order valence-corrected chi connectivity index (χ4v) is 4.91. The minimum Gasteiger partial charge on any atom is -0.353 e. The molecule has 1 unspecified atom stereocenters. The number of aromatic nitrogens is 1. The summed E-state index contributed by atoms with van der Waals surface area (Å²) in [5, 5.41) is 6.28. The van der Waals surface area contributed by atoms with Crippen molar-refractivity contribution in [1.29, 1.82) is 0 Å². The van der Waals surface area contributed by atoms with E-state index in [0.29, 0.717) is 11.6 Å². The van der Waals surface area contributed by atoms with Crippen LogP contribution in [-0.2, 0) is 4.79 Å². The molecule has 1 atom stereocenters. The molecule has 2 aromatic rings. The Bertz CT molecular complexity index is 903. The number of nitrogens with one attached hydrogen (secondary N) is 2. The zero-order chi connectivity index (χ0) is 22.3. The number of likely N-dealkylation sites (tertiary alicyclic amines) is 1. The standard InChI is InChI=1S/C26H34N4O2/c1-19(22-6-5-9-24(18-22)29-25(31)20-10-14-27-15-11-20)30-16-12-21(13-17-30)26(32)28-23-7-3-2-4-8-23/h5-6,9-11,14-15,18-19,21,23H,2-4,7-8,12-13,16-17H2,1H3,(H,28,32)(H,29,31). The maximum atomic E-state index is 12.7. The molecule has 2 fully saturated rings. The van der Waals surface area contributed by atoms with E-state index in [1.165, 1.54) is 24.8 Å². The molecule has 1 aromatic heterocycles. The normalized spacial score (nSPS) is 19.3. The van der Waals surface area contributed by atoms with Crippen LogP contribution in [0.25, 0.3) is 0 Å². The average Bonchev–Trinajstić information content (AvgIpc) is 2.85. The quantitative estimate of drug-likeness (QED) is 0.699. The molecular weight excluding hydrogens is 400 g/mol. The van der Waals surface area contributed by atoms with E-state index in [9.17, 15) is 9.59 Å². The van der Waals surface area contributed by atoms with Crippen molar-refractivity contribution in [2.24, 2.45) is 5.92 Å². The van der Waals surface area contributed by atoms with Gasteiger partial charge in [-0.2, -0.15) is 0 Å². The van der Waals surface area contributed by atoms with E-state index in [1.807, 2.05) is 18.2 Å². The number of nitrogens with zero attached hydrogens (tertiary/aromatic N) is 2. The van der Waals surface area contributed by atoms with Crippen molar-refractivity contribution >= 4 is 17.5 Å². The number of pyridine rings is 1. The molecule has 1 saturated heterocycles. The van der Waals surface area contributed by atoms with Gasteiger partial charge in [-0.05, 0) is 75.5 Å². The number of benzene rings is 1. The van der Waals surface area contributed by atoms with Gasteiger partial charge >= 0.3 is 0 Å². The van der Waals surface area contributed by atoms with Crippen LogP contribution in [0, 0.1) is 5.92 Å². The van der Waals surface area contributed by atoms with Crippen LogP contribution in [0.4, 0.5) is 5.69 Å². The minimum absolute atomic E-state index is 0.131. The first-order valence-electron chi connectivity index (χ1n) is 12.0. The summed E-state index contributed by atoms with van der Waals surface area (Å²) in [6, 6.07) is 12.1. The van der Waals surface area contributed by atoms with E-state index in [-0.39, 0.29) is 23.8 Å². The van der Waals surface area contributed by atoms with Crippen molar-refractivity contribution in [3.8, 4) is 0 Å². The zero-order valence-electron chi connectivity index (χ0n) is 18.9. The van der Waals surface area contributed by atoms with E-state index in [4.69, 9.17) is 0 Å². The third-order valence-electron chi connectivity index (χ3n) is 6.97. The number of hydrogen-bond donors (Lipinski definition) is 2. The van der Waals surface area contributed by atoms with Gasteiger partial charge in [0, 0.05) is 41.6 Å². The molecule has 1 saturated carbocycles. The second kappa shape index (κ2) is 10.7. The first-order valence-corrected chi connectivity index (χ1v) is 12.0. The summed E-state index contributed by atoms with van der Waals surface area (Å²) in [6.45, 7) is 4.03. The first-order chi connectivity index (χ1) is 15.6. The van der Waals surface area contributed by atoms with Gasteiger partial charge in [-0.1, -0.05) is 31.4 Å². The lowest BCUT2D eigenvalue weighted by molar-refractivity contribution is -0.127. The Morgan fingerprint density at radius 1 is 1.00 bits per heavy atom. The first kappa shape index (κ1) is 22.5. The molecule has 1 aliphatic heterocycles. The van der Waals surface area contributed by atoms with E-state index >= 15 is 0 Å². The summed E-state index contributed by atoms with van der Waals surface area (Å²) in [4.78, 5) is 31.6. The number of hydrogen-bond acceptors (Lipinski definition) is 4. The lowest BCUT2D eigenvalue weighted by atomic mass is 9.91. The molecule has 32 heavy (non-hydrogen) atoms.